The van der Waals surface area contributed by atoms with Gasteiger partial charge in [0.25, 0.3) is 0 Å². The normalized spacial score (nSPS) is 11.4. The van der Waals surface area contributed by atoms with E-state index in [4.69, 9.17) is 23.8 Å². The van der Waals surface area contributed by atoms with Gasteiger partial charge in [-0.15, -0.1) is 22.7 Å². The summed E-state index contributed by atoms with van der Waals surface area (Å²) in [7, 11) is 8.43. The third kappa shape index (κ3) is 14.5. The van der Waals surface area contributed by atoms with Crippen molar-refractivity contribution in [1.82, 2.24) is 24.9 Å². The van der Waals surface area contributed by atoms with Crippen LogP contribution in [0.25, 0.3) is 175 Å². The molecule has 7 aromatic carbocycles. The summed E-state index contributed by atoms with van der Waals surface area (Å²) < 4.78 is 23.6. The van der Waals surface area contributed by atoms with Crippen molar-refractivity contribution in [3.63, 3.8) is 0 Å². The van der Waals surface area contributed by atoms with Gasteiger partial charge in [0.1, 0.15) is 43.4 Å². The Balaban J connectivity index is 0.000000111. The first-order valence-electron chi connectivity index (χ1n) is 39.4. The molecule has 0 atom stereocenters. The molecule has 0 bridgehead atoms. The molecule has 0 amide bonds. The van der Waals surface area contributed by atoms with E-state index in [2.05, 4.69) is 375 Å². The highest BCUT2D eigenvalue weighted by molar-refractivity contribution is 7.25. The molecule has 568 valence electrons. The summed E-state index contributed by atoms with van der Waals surface area (Å²) in [6.07, 6.45) is 8.79. The van der Waals surface area contributed by atoms with Gasteiger partial charge in [0.2, 0.25) is 39.9 Å². The number of pyridine rings is 9. The summed E-state index contributed by atoms with van der Waals surface area (Å²) in [6.45, 7) is 25.4. The Bertz CT molecular complexity index is 6810. The molecule has 20 aromatic rings. The van der Waals surface area contributed by atoms with Gasteiger partial charge in [-0.2, -0.15) is 0 Å². The van der Waals surface area contributed by atoms with Crippen molar-refractivity contribution in [2.75, 3.05) is 0 Å². The van der Waals surface area contributed by atoms with Crippen molar-refractivity contribution < 1.29 is 27.1 Å². The molecule has 0 saturated heterocycles. The molecule has 0 aliphatic carbocycles. The summed E-state index contributed by atoms with van der Waals surface area (Å²) in [4.78, 5) is 25.9. The van der Waals surface area contributed by atoms with Crippen LogP contribution in [0, 0.1) is 83.1 Å². The Morgan fingerprint density at radius 2 is 0.612 bits per heavy atom. The van der Waals surface area contributed by atoms with Gasteiger partial charge in [-0.05, 0) is 219 Å². The van der Waals surface area contributed by atoms with Crippen LogP contribution in [-0.2, 0) is 28.2 Å². The first-order valence-corrected chi connectivity index (χ1v) is 41.0. The number of para-hydroxylation sites is 1. The fourth-order valence-corrected chi connectivity index (χ4v) is 18.7. The molecule has 13 heterocycles. The van der Waals surface area contributed by atoms with E-state index in [9.17, 15) is 0 Å². The van der Waals surface area contributed by atoms with Crippen LogP contribution in [0.1, 0.15) is 67.2 Å². The topological polar surface area (TPSA) is 106 Å². The van der Waals surface area contributed by atoms with E-state index in [0.717, 1.165) is 82.1 Å². The van der Waals surface area contributed by atoms with Crippen LogP contribution in [-0.4, -0.2) is 24.9 Å². The molecule has 20 rings (SSSR count). The second-order valence-corrected chi connectivity index (χ2v) is 33.1. The van der Waals surface area contributed by atoms with Crippen LogP contribution in [0.5, 0.6) is 0 Å². The van der Waals surface area contributed by atoms with Crippen LogP contribution in [0.3, 0.4) is 0 Å². The number of furan rings is 2. The Labute approximate surface area is 684 Å². The molecule has 0 fully saturated rings. The highest BCUT2D eigenvalue weighted by atomic mass is 32.1. The van der Waals surface area contributed by atoms with E-state index in [1.54, 1.807) is 22.7 Å². The van der Waals surface area contributed by atoms with E-state index >= 15 is 0 Å². The van der Waals surface area contributed by atoms with E-state index in [1.807, 2.05) is 26.0 Å². The van der Waals surface area contributed by atoms with E-state index in [-0.39, 0.29) is 0 Å². The predicted molar refractivity (Wildman–Crippen MR) is 480 cm³/mol. The van der Waals surface area contributed by atoms with Gasteiger partial charge in [-0.1, -0.05) is 115 Å². The van der Waals surface area contributed by atoms with E-state index in [1.165, 1.54) is 143 Å². The zero-order valence-electron chi connectivity index (χ0n) is 68.5. The second-order valence-electron chi connectivity index (χ2n) is 31.0. The third-order valence-corrected chi connectivity index (χ3v) is 24.7. The Morgan fingerprint density at radius 1 is 0.250 bits per heavy atom. The maximum atomic E-state index is 6.26. The van der Waals surface area contributed by atoms with Crippen molar-refractivity contribution in [3.8, 4) is 89.8 Å². The van der Waals surface area contributed by atoms with Gasteiger partial charge < -0.3 is 8.83 Å². The smallest absolute Gasteiger partial charge is 0.230 e. The molecule has 0 unspecified atom stereocenters. The molecule has 116 heavy (non-hydrogen) atoms. The largest absolute Gasteiger partial charge is 0.437 e. The summed E-state index contributed by atoms with van der Waals surface area (Å²) in [5, 5.41) is 9.24. The lowest BCUT2D eigenvalue weighted by molar-refractivity contribution is -0.660. The molecular formula is C103H91N9O2S2+4. The van der Waals surface area contributed by atoms with Gasteiger partial charge in [-0.3, -0.25) is 0 Å². The molecule has 13 heteroatoms. The lowest BCUT2D eigenvalue weighted by Crippen LogP contribution is -2.31. The number of benzene rings is 7. The van der Waals surface area contributed by atoms with Crippen molar-refractivity contribution in [1.29, 1.82) is 0 Å². The SMILES string of the molecule is Cc1ccc2c(c1)sc1nc(-c3cc(-c4ccccc4C)[n+](C)cc3C)ccc12.Cc1ccc2c(n1)oc1c(-c3cc(-c4ccccc4C)[n+](C)cc3C)cccc12.Cc1ccc2c(n1)oc1nc(-c3cc(-c4ccccc4C)[n+](C)cc3C)ccc12.Cc1ccc2c(n1)sc1cc(-c3cc(-c4ccccc4C)[n+](C)cc3C)ccc12. The molecular weight excluding hydrogens is 1460 g/mol. The molecule has 0 spiro atoms. The number of aryl methyl sites for hydroxylation is 16. The van der Waals surface area contributed by atoms with Crippen LogP contribution in [0.15, 0.2) is 270 Å². The third-order valence-electron chi connectivity index (χ3n) is 22.5. The summed E-state index contributed by atoms with van der Waals surface area (Å²) in [5.74, 6) is 0. The number of rotatable bonds is 8. The van der Waals surface area contributed by atoms with Crippen LogP contribution in [0.4, 0.5) is 0 Å². The average Bonchev–Trinajstić information content (AvgIpc) is 1.46. The average molecular weight is 1550 g/mol. The lowest BCUT2D eigenvalue weighted by Gasteiger charge is -2.10. The summed E-state index contributed by atoms with van der Waals surface area (Å²) in [6, 6.07) is 84.0. The Hall–Kier alpha value is -13.1. The number of thiophene rings is 2. The van der Waals surface area contributed by atoms with Gasteiger partial charge in [-0.25, -0.2) is 43.2 Å². The number of aromatic nitrogens is 9. The van der Waals surface area contributed by atoms with Crippen molar-refractivity contribution in [2.45, 2.75) is 83.1 Å². The fourth-order valence-electron chi connectivity index (χ4n) is 16.4. The minimum absolute atomic E-state index is 0.626. The minimum Gasteiger partial charge on any atom is -0.437 e. The maximum Gasteiger partial charge on any atom is 0.230 e. The Kier molecular flexibility index (Phi) is 20.2. The van der Waals surface area contributed by atoms with Crippen LogP contribution >= 0.6 is 22.7 Å². The predicted octanol–water partition coefficient (Wildman–Crippen LogP) is 24.6. The maximum absolute atomic E-state index is 6.26. The van der Waals surface area contributed by atoms with Gasteiger partial charge in [0, 0.05) is 161 Å². The standard InChI is InChI=1S/C26H23N2O.2C26H23N2S.C25H22N3O/c1-16-8-5-6-9-19(16)24-14-23(17(2)15-28(24)4)21-11-7-10-20-22-13-12-18(3)27-26(22)29-25(20)21;1-16-7-5-6-8-20(16)24-14-23(17(2)15-28(24)4)19-10-12-21-22-11-9-18(3)27-26(22)29-25(21)13-19;1-16-9-10-20-21-11-12-23(27-26(21)29-25(20)13-16)22-14-24(28(4)15-18(22)3)19-8-6-5-7-17(19)2;1-15-7-5-6-8-18(15)23-13-21(16(2)14-28(23)4)22-12-11-20-19-10-9-17(3)26-24(19)29-25(20)27-22/h3*5-15H,1-4H3;5-14H,1-4H3/q4*+1. The lowest BCUT2D eigenvalue weighted by atomic mass is 9.96. The fraction of sp³-hybridized carbons (Fsp3) is 0.155. The molecule has 0 N–H and O–H groups in total. The second kappa shape index (κ2) is 31.0. The zero-order valence-corrected chi connectivity index (χ0v) is 70.1. The molecule has 0 aliphatic heterocycles. The van der Waals surface area contributed by atoms with Gasteiger partial charge in [0.15, 0.2) is 24.8 Å². The highest BCUT2D eigenvalue weighted by Crippen LogP contribution is 2.42. The number of nitrogens with zero attached hydrogens (tertiary/aromatic N) is 9. The van der Waals surface area contributed by atoms with Gasteiger partial charge >= 0.3 is 0 Å². The van der Waals surface area contributed by atoms with Crippen LogP contribution < -0.4 is 18.3 Å². The van der Waals surface area contributed by atoms with Crippen molar-refractivity contribution >= 4 is 108 Å². The highest BCUT2D eigenvalue weighted by Gasteiger charge is 2.25. The van der Waals surface area contributed by atoms with Crippen molar-refractivity contribution in [3.05, 3.63) is 329 Å². The number of hydrogen-bond donors (Lipinski definition) is 0. The first kappa shape index (κ1) is 75.6. The Morgan fingerprint density at radius 3 is 1.12 bits per heavy atom. The number of hydrogen-bond acceptors (Lipinski definition) is 9. The summed E-state index contributed by atoms with van der Waals surface area (Å²) >= 11 is 3.56. The zero-order chi connectivity index (χ0) is 80.5. The first-order chi connectivity index (χ1) is 56.0. The molecule has 0 aliphatic rings. The van der Waals surface area contributed by atoms with E-state index in [0.29, 0.717) is 17.1 Å². The monoisotopic (exact) mass is 1550 g/mol. The minimum atomic E-state index is 0.626. The number of fused-ring (bicyclic) bond motifs is 12. The quantitative estimate of drug-likeness (QED) is 0.140. The molecule has 0 radical (unpaired) electrons. The molecule has 11 nitrogen and oxygen atoms in total. The van der Waals surface area contributed by atoms with Gasteiger partial charge in [0.05, 0.1) is 11.4 Å². The molecule has 13 aromatic heterocycles. The summed E-state index contributed by atoms with van der Waals surface area (Å²) in [5.41, 5.74) is 35.9. The van der Waals surface area contributed by atoms with Crippen LogP contribution in [0.2, 0.25) is 0 Å². The van der Waals surface area contributed by atoms with Crippen molar-refractivity contribution in [2.24, 2.45) is 28.2 Å². The van der Waals surface area contributed by atoms with E-state index < -0.39 is 0 Å². The molecule has 0 saturated carbocycles.